The number of rotatable bonds is 8. The fourth-order valence-corrected chi connectivity index (χ4v) is 4.77. The van der Waals surface area contributed by atoms with Gasteiger partial charge in [0.2, 0.25) is 5.95 Å². The lowest BCUT2D eigenvalue weighted by molar-refractivity contribution is 0.0951. The van der Waals surface area contributed by atoms with Crippen LogP contribution in [-0.4, -0.2) is 29.0 Å². The van der Waals surface area contributed by atoms with Crippen molar-refractivity contribution in [2.24, 2.45) is 11.8 Å². The van der Waals surface area contributed by atoms with Crippen LogP contribution in [0.3, 0.4) is 0 Å². The Labute approximate surface area is 199 Å². The van der Waals surface area contributed by atoms with Gasteiger partial charge >= 0.3 is 0 Å². The predicted octanol–water partition coefficient (Wildman–Crippen LogP) is 4.69. The van der Waals surface area contributed by atoms with E-state index in [1.807, 2.05) is 36.4 Å². The molecule has 1 amide bonds. The van der Waals surface area contributed by atoms with Crippen LogP contribution in [-0.2, 0) is 19.5 Å². The first-order valence-corrected chi connectivity index (χ1v) is 11.9. The lowest BCUT2D eigenvalue weighted by Gasteiger charge is -2.20. The molecule has 2 heterocycles. The van der Waals surface area contributed by atoms with Crippen LogP contribution in [0.1, 0.15) is 40.4 Å². The van der Waals surface area contributed by atoms with Crippen molar-refractivity contribution in [3.8, 4) is 0 Å². The van der Waals surface area contributed by atoms with E-state index in [-0.39, 0.29) is 5.91 Å². The van der Waals surface area contributed by atoms with E-state index < -0.39 is 0 Å². The molecule has 3 aromatic rings. The molecule has 2 unspecified atom stereocenters. The van der Waals surface area contributed by atoms with Crippen LogP contribution in [0.2, 0.25) is 5.02 Å². The predicted molar refractivity (Wildman–Crippen MR) is 132 cm³/mol. The number of amides is 1. The van der Waals surface area contributed by atoms with E-state index in [4.69, 9.17) is 16.6 Å². The summed E-state index contributed by atoms with van der Waals surface area (Å²) >= 11 is 6.40. The van der Waals surface area contributed by atoms with E-state index in [1.54, 1.807) is 6.20 Å². The zero-order chi connectivity index (χ0) is 22.8. The van der Waals surface area contributed by atoms with Gasteiger partial charge in [-0.15, -0.1) is 0 Å². The molecule has 2 atom stereocenters. The molecule has 2 aromatic carbocycles. The highest BCUT2D eigenvalue weighted by molar-refractivity contribution is 6.31. The number of hydrogen-bond donors (Lipinski definition) is 2. The molecule has 0 bridgehead atoms. The maximum atomic E-state index is 13.0. The number of aromatic nitrogens is 2. The maximum absolute atomic E-state index is 13.0. The minimum absolute atomic E-state index is 0.198. The molecule has 6 nitrogen and oxygen atoms in total. The lowest BCUT2D eigenvalue weighted by Crippen LogP contribution is -2.27. The topological polar surface area (TPSA) is 70.2 Å². The Morgan fingerprint density at radius 2 is 1.88 bits per heavy atom. The summed E-state index contributed by atoms with van der Waals surface area (Å²) in [5, 5.41) is 7.11. The van der Waals surface area contributed by atoms with E-state index in [0.717, 1.165) is 53.1 Å². The molecular formula is C26H28ClN5O. The molecule has 5 rings (SSSR count). The molecule has 1 saturated carbocycles. The summed E-state index contributed by atoms with van der Waals surface area (Å²) in [6.07, 6.45) is 3.85. The Bertz CT molecular complexity index is 1140. The quantitative estimate of drug-likeness (QED) is 0.509. The minimum atomic E-state index is -0.198. The molecule has 2 N–H and O–H groups in total. The molecule has 1 aromatic heterocycles. The van der Waals surface area contributed by atoms with Crippen molar-refractivity contribution in [3.05, 3.63) is 82.0 Å². The number of nitrogens with zero attached hydrogens (tertiary/aromatic N) is 3. The fraction of sp³-hybridized carbons (Fsp3) is 0.346. The van der Waals surface area contributed by atoms with Gasteiger partial charge in [-0.1, -0.05) is 61.0 Å². The van der Waals surface area contributed by atoms with Gasteiger partial charge in [0, 0.05) is 37.4 Å². The fourth-order valence-electron chi connectivity index (χ4n) is 4.43. The number of fused-ring (bicyclic) bond motifs is 1. The van der Waals surface area contributed by atoms with Crippen LogP contribution in [0, 0.1) is 11.8 Å². The van der Waals surface area contributed by atoms with Gasteiger partial charge in [-0.2, -0.15) is 4.98 Å². The molecular weight excluding hydrogens is 434 g/mol. The van der Waals surface area contributed by atoms with Crippen molar-refractivity contribution in [2.75, 3.05) is 23.3 Å². The SMILES string of the molecule is CCc1ccc(CNc2nc(N3CC4CC4C3)ncc2C(=O)NCc2ccccc2)cc1Cl. The molecule has 7 heteroatoms. The second-order valence-electron chi connectivity index (χ2n) is 8.89. The first-order chi connectivity index (χ1) is 16.1. The zero-order valence-corrected chi connectivity index (χ0v) is 19.5. The average molecular weight is 462 g/mol. The highest BCUT2D eigenvalue weighted by atomic mass is 35.5. The van der Waals surface area contributed by atoms with E-state index in [2.05, 4.69) is 39.6 Å². The van der Waals surface area contributed by atoms with Crippen LogP contribution >= 0.6 is 11.6 Å². The van der Waals surface area contributed by atoms with Gasteiger partial charge in [0.25, 0.3) is 5.91 Å². The Morgan fingerprint density at radius 1 is 1.09 bits per heavy atom. The van der Waals surface area contributed by atoms with Crippen LogP contribution in [0.25, 0.3) is 0 Å². The number of halogens is 1. The summed E-state index contributed by atoms with van der Waals surface area (Å²) in [5.74, 6) is 2.58. The normalized spacial score (nSPS) is 18.7. The Kier molecular flexibility index (Phi) is 6.18. The lowest BCUT2D eigenvalue weighted by atomic mass is 10.1. The van der Waals surface area contributed by atoms with Crippen molar-refractivity contribution in [3.63, 3.8) is 0 Å². The van der Waals surface area contributed by atoms with Gasteiger partial charge < -0.3 is 15.5 Å². The first kappa shape index (κ1) is 21.7. The van der Waals surface area contributed by atoms with Crippen molar-refractivity contribution in [1.82, 2.24) is 15.3 Å². The van der Waals surface area contributed by atoms with Crippen LogP contribution in [0.5, 0.6) is 0 Å². The van der Waals surface area contributed by atoms with E-state index in [9.17, 15) is 4.79 Å². The second kappa shape index (κ2) is 9.40. The number of aryl methyl sites for hydroxylation is 1. The van der Waals surface area contributed by atoms with Gasteiger partial charge in [0.1, 0.15) is 11.4 Å². The molecule has 0 radical (unpaired) electrons. The monoisotopic (exact) mass is 461 g/mol. The molecule has 33 heavy (non-hydrogen) atoms. The van der Waals surface area contributed by atoms with Gasteiger partial charge in [0.05, 0.1) is 0 Å². The number of anilines is 2. The highest BCUT2D eigenvalue weighted by Gasteiger charge is 2.45. The highest BCUT2D eigenvalue weighted by Crippen LogP contribution is 2.45. The number of carbonyl (C=O) groups is 1. The third kappa shape index (κ3) is 4.96. The van der Waals surface area contributed by atoms with Gasteiger partial charge in [-0.25, -0.2) is 4.98 Å². The number of hydrogen-bond acceptors (Lipinski definition) is 5. The third-order valence-corrected chi connectivity index (χ3v) is 6.89. The number of benzene rings is 2. The van der Waals surface area contributed by atoms with Crippen molar-refractivity contribution in [1.29, 1.82) is 0 Å². The smallest absolute Gasteiger partial charge is 0.256 e. The molecule has 2 aliphatic rings. The van der Waals surface area contributed by atoms with Crippen molar-refractivity contribution >= 4 is 29.3 Å². The Morgan fingerprint density at radius 3 is 2.61 bits per heavy atom. The largest absolute Gasteiger partial charge is 0.365 e. The van der Waals surface area contributed by atoms with Crippen molar-refractivity contribution < 1.29 is 4.79 Å². The van der Waals surface area contributed by atoms with E-state index >= 15 is 0 Å². The summed E-state index contributed by atoms with van der Waals surface area (Å²) in [6, 6.07) is 15.9. The van der Waals surface area contributed by atoms with Crippen LogP contribution in [0.15, 0.2) is 54.7 Å². The molecule has 1 aliphatic carbocycles. The Balaban J connectivity index is 1.35. The second-order valence-corrected chi connectivity index (χ2v) is 9.30. The summed E-state index contributed by atoms with van der Waals surface area (Å²) in [7, 11) is 0. The minimum Gasteiger partial charge on any atom is -0.365 e. The Hall–Kier alpha value is -3.12. The van der Waals surface area contributed by atoms with E-state index in [0.29, 0.717) is 30.4 Å². The standard InChI is InChI=1S/C26H28ClN5O/c1-2-19-9-8-18(10-23(19)27)13-28-24-22(25(33)29-12-17-6-4-3-5-7-17)14-30-26(31-24)32-15-20-11-21(20)16-32/h3-10,14,20-21H,2,11-13,15-16H2,1H3,(H,29,33)(H,28,30,31). The average Bonchev–Trinajstić information content (AvgIpc) is 3.46. The summed E-state index contributed by atoms with van der Waals surface area (Å²) in [5.41, 5.74) is 3.64. The maximum Gasteiger partial charge on any atom is 0.256 e. The van der Waals surface area contributed by atoms with Gasteiger partial charge in [0.15, 0.2) is 0 Å². The first-order valence-electron chi connectivity index (χ1n) is 11.6. The van der Waals surface area contributed by atoms with Crippen molar-refractivity contribution in [2.45, 2.75) is 32.9 Å². The van der Waals surface area contributed by atoms with Crippen LogP contribution in [0.4, 0.5) is 11.8 Å². The molecule has 1 aliphatic heterocycles. The van der Waals surface area contributed by atoms with Crippen LogP contribution < -0.4 is 15.5 Å². The zero-order valence-electron chi connectivity index (χ0n) is 18.7. The third-order valence-electron chi connectivity index (χ3n) is 6.54. The number of carbonyl (C=O) groups excluding carboxylic acids is 1. The number of piperidine rings is 1. The van der Waals surface area contributed by atoms with Gasteiger partial charge in [-0.05, 0) is 47.4 Å². The number of nitrogens with one attached hydrogen (secondary N) is 2. The molecule has 0 spiro atoms. The molecule has 1 saturated heterocycles. The summed E-state index contributed by atoms with van der Waals surface area (Å²) < 4.78 is 0. The molecule has 2 fully saturated rings. The van der Waals surface area contributed by atoms with Gasteiger partial charge in [-0.3, -0.25) is 4.79 Å². The summed E-state index contributed by atoms with van der Waals surface area (Å²) in [6.45, 7) is 5.05. The van der Waals surface area contributed by atoms with E-state index in [1.165, 1.54) is 6.42 Å². The molecule has 170 valence electrons. The summed E-state index contributed by atoms with van der Waals surface area (Å²) in [4.78, 5) is 24.5.